The molecule has 4 rings (SSSR count). The Hall–Kier alpha value is -2.34. The second kappa shape index (κ2) is 4.84. The van der Waals surface area contributed by atoms with E-state index in [-0.39, 0.29) is 11.9 Å². The average molecular weight is 299 g/mol. The molecule has 2 bridgehead atoms. The van der Waals surface area contributed by atoms with Gasteiger partial charge in [0.05, 0.1) is 5.56 Å². The van der Waals surface area contributed by atoms with Gasteiger partial charge in [0.2, 0.25) is 0 Å². The number of furan rings is 1. The third-order valence-electron chi connectivity index (χ3n) is 4.78. The topological polar surface area (TPSA) is 97.4 Å². The summed E-state index contributed by atoms with van der Waals surface area (Å²) in [5, 5.41) is 7.17. The number of hydrogen-bond acceptors (Lipinski definition) is 4. The molecular formula is C16H17N3O3. The van der Waals surface area contributed by atoms with Crippen LogP contribution in [0.1, 0.15) is 33.6 Å². The molecule has 6 heteroatoms. The highest BCUT2D eigenvalue weighted by Gasteiger charge is 2.40. The summed E-state index contributed by atoms with van der Waals surface area (Å²) in [7, 11) is 0. The minimum atomic E-state index is -0.537. The van der Waals surface area contributed by atoms with Crippen LogP contribution in [0.2, 0.25) is 0 Å². The van der Waals surface area contributed by atoms with Crippen molar-refractivity contribution in [3.63, 3.8) is 0 Å². The lowest BCUT2D eigenvalue weighted by atomic mass is 10.0. The first-order chi connectivity index (χ1) is 10.6. The quantitative estimate of drug-likeness (QED) is 0.788. The average Bonchev–Trinajstić information content (AvgIpc) is 3.20. The van der Waals surface area contributed by atoms with Crippen LogP contribution in [-0.2, 0) is 0 Å². The maximum Gasteiger partial charge on any atom is 0.252 e. The van der Waals surface area contributed by atoms with E-state index in [1.807, 2.05) is 0 Å². The molecule has 22 heavy (non-hydrogen) atoms. The summed E-state index contributed by atoms with van der Waals surface area (Å²) in [5.41, 5.74) is 6.65. The fraction of sp³-hybridized carbons (Fsp3) is 0.375. The molecule has 0 radical (unpaired) electrons. The summed E-state index contributed by atoms with van der Waals surface area (Å²) in [4.78, 5) is 23.7. The molecule has 2 fully saturated rings. The molecule has 3 atom stereocenters. The zero-order chi connectivity index (χ0) is 15.3. The van der Waals surface area contributed by atoms with Crippen LogP contribution in [0.5, 0.6) is 0 Å². The Morgan fingerprint density at radius 3 is 2.86 bits per heavy atom. The molecule has 2 aliphatic rings. The van der Waals surface area contributed by atoms with Gasteiger partial charge < -0.3 is 20.8 Å². The first-order valence-electron chi connectivity index (χ1n) is 7.47. The molecule has 2 heterocycles. The molecule has 6 nitrogen and oxygen atoms in total. The van der Waals surface area contributed by atoms with Gasteiger partial charge in [-0.3, -0.25) is 9.59 Å². The van der Waals surface area contributed by atoms with Crippen molar-refractivity contribution < 1.29 is 14.0 Å². The lowest BCUT2D eigenvalue weighted by molar-refractivity contribution is 0.0924. The second-order valence-electron chi connectivity index (χ2n) is 6.14. The molecule has 1 aliphatic carbocycles. The van der Waals surface area contributed by atoms with Crippen LogP contribution in [-0.4, -0.2) is 30.4 Å². The van der Waals surface area contributed by atoms with Crippen LogP contribution in [0.15, 0.2) is 28.9 Å². The first-order valence-corrected chi connectivity index (χ1v) is 7.47. The molecule has 1 aromatic heterocycles. The molecule has 1 saturated carbocycles. The number of hydrogen-bond donors (Lipinski definition) is 3. The Bertz CT molecular complexity index is 767. The van der Waals surface area contributed by atoms with E-state index in [1.165, 1.54) is 6.26 Å². The number of nitrogens with two attached hydrogens (primary N) is 1. The molecule has 3 unspecified atom stereocenters. The fourth-order valence-electron chi connectivity index (χ4n) is 3.62. The van der Waals surface area contributed by atoms with Crippen molar-refractivity contribution >= 4 is 22.8 Å². The maximum absolute atomic E-state index is 12.4. The Kier molecular flexibility index (Phi) is 2.94. The summed E-state index contributed by atoms with van der Waals surface area (Å²) >= 11 is 0. The minimum Gasteiger partial charge on any atom is -0.463 e. The number of carbonyl (C=O) groups is 2. The van der Waals surface area contributed by atoms with Gasteiger partial charge in [-0.25, -0.2) is 0 Å². The largest absolute Gasteiger partial charge is 0.463 e. The van der Waals surface area contributed by atoms with Gasteiger partial charge in [-0.15, -0.1) is 0 Å². The van der Waals surface area contributed by atoms with Crippen molar-refractivity contribution in [3.05, 3.63) is 35.6 Å². The van der Waals surface area contributed by atoms with E-state index in [1.54, 1.807) is 18.2 Å². The number of piperidine rings is 1. The Morgan fingerprint density at radius 1 is 1.32 bits per heavy atom. The molecule has 1 saturated heterocycles. The number of primary amides is 1. The number of benzene rings is 1. The third kappa shape index (κ3) is 2.07. The van der Waals surface area contributed by atoms with Crippen LogP contribution in [0.3, 0.4) is 0 Å². The van der Waals surface area contributed by atoms with Gasteiger partial charge in [0.1, 0.15) is 11.8 Å². The Balaban J connectivity index is 1.56. The SMILES string of the molecule is NC(=O)c1coc2cc(C(=O)NC3CC4CC3CN4)ccc12. The highest BCUT2D eigenvalue weighted by atomic mass is 16.3. The molecule has 4 N–H and O–H groups in total. The minimum absolute atomic E-state index is 0.100. The van der Waals surface area contributed by atoms with E-state index < -0.39 is 5.91 Å². The molecular weight excluding hydrogens is 282 g/mol. The third-order valence-corrected chi connectivity index (χ3v) is 4.78. The fourth-order valence-corrected chi connectivity index (χ4v) is 3.62. The van der Waals surface area contributed by atoms with E-state index in [9.17, 15) is 9.59 Å². The summed E-state index contributed by atoms with van der Waals surface area (Å²) < 4.78 is 5.33. The van der Waals surface area contributed by atoms with E-state index in [0.717, 1.165) is 19.4 Å². The maximum atomic E-state index is 12.4. The number of nitrogens with one attached hydrogen (secondary N) is 2. The molecule has 1 aliphatic heterocycles. The first kappa shape index (κ1) is 13.3. The van der Waals surface area contributed by atoms with Crippen molar-refractivity contribution in [2.45, 2.75) is 24.9 Å². The van der Waals surface area contributed by atoms with Crippen molar-refractivity contribution in [2.24, 2.45) is 11.7 Å². The zero-order valence-electron chi connectivity index (χ0n) is 12.0. The highest BCUT2D eigenvalue weighted by molar-refractivity contribution is 6.06. The van der Waals surface area contributed by atoms with Crippen molar-refractivity contribution in [1.29, 1.82) is 0 Å². The van der Waals surface area contributed by atoms with Crippen molar-refractivity contribution in [3.8, 4) is 0 Å². The van der Waals surface area contributed by atoms with Crippen LogP contribution < -0.4 is 16.4 Å². The van der Waals surface area contributed by atoms with Crippen LogP contribution in [0, 0.1) is 5.92 Å². The number of fused-ring (bicyclic) bond motifs is 3. The van der Waals surface area contributed by atoms with E-state index >= 15 is 0 Å². The predicted molar refractivity (Wildman–Crippen MR) is 80.5 cm³/mol. The summed E-state index contributed by atoms with van der Waals surface area (Å²) in [6.45, 7) is 0.981. The van der Waals surface area contributed by atoms with Gasteiger partial charge in [-0.05, 0) is 37.0 Å². The monoisotopic (exact) mass is 299 g/mol. The Labute approximate surface area is 127 Å². The summed E-state index contributed by atoms with van der Waals surface area (Å²) in [6.07, 6.45) is 3.46. The van der Waals surface area contributed by atoms with E-state index in [0.29, 0.717) is 34.1 Å². The number of carbonyl (C=O) groups excluding carboxylic acids is 2. The number of rotatable bonds is 3. The molecule has 2 amide bonds. The van der Waals surface area contributed by atoms with Gasteiger partial charge in [0, 0.05) is 29.6 Å². The van der Waals surface area contributed by atoms with Crippen LogP contribution in [0.25, 0.3) is 11.0 Å². The van der Waals surface area contributed by atoms with Crippen LogP contribution in [0.4, 0.5) is 0 Å². The van der Waals surface area contributed by atoms with Gasteiger partial charge in [-0.2, -0.15) is 0 Å². The summed E-state index contributed by atoms with van der Waals surface area (Å²) in [5.74, 6) is -0.107. The zero-order valence-corrected chi connectivity index (χ0v) is 12.0. The second-order valence-corrected chi connectivity index (χ2v) is 6.14. The molecule has 2 aromatic rings. The summed E-state index contributed by atoms with van der Waals surface area (Å²) in [6, 6.07) is 5.84. The van der Waals surface area contributed by atoms with Gasteiger partial charge >= 0.3 is 0 Å². The van der Waals surface area contributed by atoms with Gasteiger partial charge in [-0.1, -0.05) is 0 Å². The van der Waals surface area contributed by atoms with E-state index in [4.69, 9.17) is 10.2 Å². The van der Waals surface area contributed by atoms with Gasteiger partial charge in [0.25, 0.3) is 11.8 Å². The molecule has 114 valence electrons. The standard InChI is InChI=1S/C16H17N3O3/c17-15(20)12-7-22-14-4-8(1-2-11(12)14)16(21)19-13-5-10-3-9(13)6-18-10/h1-2,4,7,9-10,13,18H,3,5-6H2,(H2,17,20)(H,19,21). The van der Waals surface area contributed by atoms with Gasteiger partial charge in [0.15, 0.2) is 0 Å². The molecule has 1 aromatic carbocycles. The Morgan fingerprint density at radius 2 is 2.18 bits per heavy atom. The highest BCUT2D eigenvalue weighted by Crippen LogP contribution is 2.31. The molecule has 0 spiro atoms. The van der Waals surface area contributed by atoms with Crippen LogP contribution >= 0.6 is 0 Å². The smallest absolute Gasteiger partial charge is 0.252 e. The predicted octanol–water partition coefficient (Wildman–Crippen LogP) is 1.01. The lowest BCUT2D eigenvalue weighted by Crippen LogP contribution is -2.44. The van der Waals surface area contributed by atoms with Crippen molar-refractivity contribution in [1.82, 2.24) is 10.6 Å². The van der Waals surface area contributed by atoms with E-state index in [2.05, 4.69) is 10.6 Å². The van der Waals surface area contributed by atoms with Crippen molar-refractivity contribution in [2.75, 3.05) is 6.54 Å². The normalized spacial score (nSPS) is 26.5. The lowest BCUT2D eigenvalue weighted by Gasteiger charge is -2.23. The number of amides is 2.